The minimum Gasteiger partial charge on any atom is -0.326 e. The molecule has 2 rings (SSSR count). The molecule has 1 atom stereocenters. The van der Waals surface area contributed by atoms with Gasteiger partial charge in [0.25, 0.3) is 0 Å². The highest BCUT2D eigenvalue weighted by atomic mass is 16.2. The molecule has 1 heterocycles. The molecule has 0 aromatic heterocycles. The van der Waals surface area contributed by atoms with Gasteiger partial charge in [-0.3, -0.25) is 14.8 Å². The number of rotatable bonds is 2. The second-order valence-corrected chi connectivity index (χ2v) is 4.19. The number of hydrogen-bond acceptors (Lipinski definition) is 3. The summed E-state index contributed by atoms with van der Waals surface area (Å²) in [7, 11) is 1.81. The number of hydrazine groups is 1. The van der Waals surface area contributed by atoms with E-state index >= 15 is 0 Å². The Morgan fingerprint density at radius 2 is 2.25 bits per heavy atom. The van der Waals surface area contributed by atoms with Gasteiger partial charge in [-0.15, -0.1) is 0 Å². The van der Waals surface area contributed by atoms with Gasteiger partial charge in [0.1, 0.15) is 0 Å². The van der Waals surface area contributed by atoms with Crippen LogP contribution in [0.4, 0.5) is 5.69 Å². The lowest BCUT2D eigenvalue weighted by molar-refractivity contribution is -0.126. The summed E-state index contributed by atoms with van der Waals surface area (Å²) in [5.74, 6) is 0.158. The van der Waals surface area contributed by atoms with Gasteiger partial charge >= 0.3 is 0 Å². The van der Waals surface area contributed by atoms with Crippen LogP contribution in [0.25, 0.3) is 0 Å². The molecule has 1 unspecified atom stereocenters. The van der Waals surface area contributed by atoms with Crippen molar-refractivity contribution >= 4 is 11.6 Å². The lowest BCUT2D eigenvalue weighted by Crippen LogP contribution is -2.39. The van der Waals surface area contributed by atoms with Gasteiger partial charge in [-0.1, -0.05) is 12.1 Å². The summed E-state index contributed by atoms with van der Waals surface area (Å²) in [6, 6.07) is 8.22. The molecular formula is C12H17N3O. The summed E-state index contributed by atoms with van der Waals surface area (Å²) in [5.41, 5.74) is 7.73. The van der Waals surface area contributed by atoms with Crippen molar-refractivity contribution < 1.29 is 4.79 Å². The molecule has 0 radical (unpaired) electrons. The van der Waals surface area contributed by atoms with Crippen molar-refractivity contribution in [3.8, 4) is 0 Å². The van der Waals surface area contributed by atoms with E-state index in [1.165, 1.54) is 0 Å². The van der Waals surface area contributed by atoms with Crippen LogP contribution in [0, 0.1) is 0 Å². The zero-order valence-electron chi connectivity index (χ0n) is 9.68. The van der Waals surface area contributed by atoms with E-state index in [1.807, 2.05) is 29.3 Å². The molecule has 16 heavy (non-hydrogen) atoms. The zero-order chi connectivity index (χ0) is 11.7. The van der Waals surface area contributed by atoms with E-state index in [9.17, 15) is 4.79 Å². The normalized spacial score (nSPS) is 20.7. The Labute approximate surface area is 95.6 Å². The Morgan fingerprint density at radius 3 is 2.81 bits per heavy atom. The van der Waals surface area contributed by atoms with Crippen molar-refractivity contribution in [3.05, 3.63) is 29.8 Å². The van der Waals surface area contributed by atoms with Crippen LogP contribution in [0.3, 0.4) is 0 Å². The number of anilines is 1. The Morgan fingerprint density at radius 1 is 1.50 bits per heavy atom. The van der Waals surface area contributed by atoms with Gasteiger partial charge in [-0.25, -0.2) is 0 Å². The molecule has 86 valence electrons. The lowest BCUT2D eigenvalue weighted by atomic mass is 10.2. The molecule has 0 bridgehead atoms. The van der Waals surface area contributed by atoms with Crippen LogP contribution in [-0.2, 0) is 11.3 Å². The molecule has 1 aromatic rings. The van der Waals surface area contributed by atoms with Crippen LogP contribution in [-0.4, -0.2) is 24.0 Å². The number of nitrogens with two attached hydrogens (primary N) is 1. The zero-order valence-corrected chi connectivity index (χ0v) is 9.68. The molecule has 0 spiro atoms. The smallest absolute Gasteiger partial charge is 0.242 e. The number of carbonyl (C=O) groups is 1. The van der Waals surface area contributed by atoms with E-state index in [1.54, 1.807) is 12.1 Å². The largest absolute Gasteiger partial charge is 0.326 e. The Bertz CT molecular complexity index is 405. The van der Waals surface area contributed by atoms with E-state index in [0.29, 0.717) is 13.0 Å². The van der Waals surface area contributed by atoms with Crippen LogP contribution >= 0.6 is 0 Å². The molecule has 1 amide bonds. The first kappa shape index (κ1) is 11.0. The average Bonchev–Trinajstić information content (AvgIpc) is 2.53. The van der Waals surface area contributed by atoms with E-state index in [4.69, 9.17) is 5.73 Å². The van der Waals surface area contributed by atoms with Crippen LogP contribution in [0.1, 0.15) is 18.9 Å². The predicted molar refractivity (Wildman–Crippen MR) is 63.7 cm³/mol. The van der Waals surface area contributed by atoms with Crippen molar-refractivity contribution in [2.75, 3.05) is 12.1 Å². The van der Waals surface area contributed by atoms with Gasteiger partial charge in [0, 0.05) is 13.6 Å². The quantitative estimate of drug-likeness (QED) is 0.810. The number of nitrogens with zero attached hydrogens (tertiary/aromatic N) is 2. The summed E-state index contributed by atoms with van der Waals surface area (Å²) in [4.78, 5) is 11.6. The number of benzene rings is 1. The second kappa shape index (κ2) is 4.14. The number of carbonyl (C=O) groups excluding carboxylic acids is 1. The third kappa shape index (κ3) is 1.76. The molecule has 4 nitrogen and oxygen atoms in total. The molecule has 4 heteroatoms. The summed E-state index contributed by atoms with van der Waals surface area (Å²) < 4.78 is 0. The third-order valence-electron chi connectivity index (χ3n) is 2.98. The molecular weight excluding hydrogens is 202 g/mol. The fourth-order valence-electron chi connectivity index (χ4n) is 2.14. The first-order chi connectivity index (χ1) is 7.63. The fraction of sp³-hybridized carbons (Fsp3) is 0.417. The second-order valence-electron chi connectivity index (χ2n) is 4.19. The van der Waals surface area contributed by atoms with Crippen LogP contribution in [0.15, 0.2) is 24.3 Å². The van der Waals surface area contributed by atoms with E-state index in [-0.39, 0.29) is 11.9 Å². The summed E-state index contributed by atoms with van der Waals surface area (Å²) in [6.07, 6.45) is 0.573. The molecule has 1 saturated heterocycles. The molecule has 1 aromatic carbocycles. The van der Waals surface area contributed by atoms with Crippen molar-refractivity contribution in [1.82, 2.24) is 5.01 Å². The van der Waals surface area contributed by atoms with E-state index < -0.39 is 0 Å². The van der Waals surface area contributed by atoms with Crippen molar-refractivity contribution in [2.24, 2.45) is 5.73 Å². The van der Waals surface area contributed by atoms with Gasteiger partial charge in [0.15, 0.2) is 0 Å². The van der Waals surface area contributed by atoms with Crippen molar-refractivity contribution in [3.63, 3.8) is 0 Å². The van der Waals surface area contributed by atoms with Crippen LogP contribution in [0.5, 0.6) is 0 Å². The highest BCUT2D eigenvalue weighted by molar-refractivity contribution is 5.82. The SMILES string of the molecule is CC1CC(=O)N(C)N1c1cccc(CN)c1. The van der Waals surface area contributed by atoms with Gasteiger partial charge < -0.3 is 5.73 Å². The maximum atomic E-state index is 11.6. The molecule has 1 aliphatic rings. The van der Waals surface area contributed by atoms with Crippen molar-refractivity contribution in [2.45, 2.75) is 25.9 Å². The average molecular weight is 219 g/mol. The molecule has 1 aliphatic heterocycles. The van der Waals surface area contributed by atoms with E-state index in [2.05, 4.69) is 6.92 Å². The topological polar surface area (TPSA) is 49.6 Å². The Balaban J connectivity index is 2.32. The Kier molecular flexibility index (Phi) is 2.83. The molecule has 1 fully saturated rings. The first-order valence-corrected chi connectivity index (χ1v) is 5.48. The molecule has 2 N–H and O–H groups in total. The summed E-state index contributed by atoms with van der Waals surface area (Å²) in [6.45, 7) is 2.57. The Hall–Kier alpha value is -1.55. The van der Waals surface area contributed by atoms with Gasteiger partial charge in [-0.2, -0.15) is 0 Å². The highest BCUT2D eigenvalue weighted by Crippen LogP contribution is 2.26. The van der Waals surface area contributed by atoms with Gasteiger partial charge in [0.2, 0.25) is 5.91 Å². The van der Waals surface area contributed by atoms with E-state index in [0.717, 1.165) is 11.3 Å². The van der Waals surface area contributed by atoms with Crippen LogP contribution in [0.2, 0.25) is 0 Å². The lowest BCUT2D eigenvalue weighted by Gasteiger charge is -2.30. The first-order valence-electron chi connectivity index (χ1n) is 5.48. The highest BCUT2D eigenvalue weighted by Gasteiger charge is 2.32. The molecule has 0 aliphatic carbocycles. The summed E-state index contributed by atoms with van der Waals surface area (Å²) in [5, 5.41) is 3.70. The van der Waals surface area contributed by atoms with Crippen molar-refractivity contribution in [1.29, 1.82) is 0 Å². The third-order valence-corrected chi connectivity index (χ3v) is 2.98. The maximum absolute atomic E-state index is 11.6. The number of amides is 1. The predicted octanol–water partition coefficient (Wildman–Crippen LogP) is 1.12. The number of hydrogen-bond donors (Lipinski definition) is 1. The standard InChI is InChI=1S/C12H17N3O/c1-9-6-12(16)14(2)15(9)11-5-3-4-10(7-11)8-13/h3-5,7,9H,6,8,13H2,1-2H3. The minimum atomic E-state index is 0.158. The fourth-order valence-corrected chi connectivity index (χ4v) is 2.14. The van der Waals surface area contributed by atoms with Gasteiger partial charge in [0.05, 0.1) is 18.2 Å². The monoisotopic (exact) mass is 219 g/mol. The maximum Gasteiger partial charge on any atom is 0.242 e. The summed E-state index contributed by atoms with van der Waals surface area (Å²) >= 11 is 0. The van der Waals surface area contributed by atoms with Gasteiger partial charge in [-0.05, 0) is 24.6 Å². The van der Waals surface area contributed by atoms with Crippen LogP contribution < -0.4 is 10.7 Å². The minimum absolute atomic E-state index is 0.158. The molecule has 0 saturated carbocycles.